The molecule has 0 bridgehead atoms. The zero-order valence-electron chi connectivity index (χ0n) is 11.0. The number of likely N-dealkylation sites (N-methyl/N-ethyl adjacent to an activating group) is 1. The fourth-order valence-corrected chi connectivity index (χ4v) is 2.48. The molecule has 94 valence electrons. The van der Waals surface area contributed by atoms with Crippen LogP contribution in [0.2, 0.25) is 0 Å². The van der Waals surface area contributed by atoms with Crippen molar-refractivity contribution in [2.45, 2.75) is 38.3 Å². The highest BCUT2D eigenvalue weighted by atomic mass is 15.1. The first-order chi connectivity index (χ1) is 8.18. The number of rotatable bonds is 5. The van der Waals surface area contributed by atoms with E-state index in [9.17, 15) is 0 Å². The van der Waals surface area contributed by atoms with E-state index in [0.717, 1.165) is 5.92 Å². The predicted octanol–water partition coefficient (Wildman–Crippen LogP) is 2.81. The van der Waals surface area contributed by atoms with Gasteiger partial charge in [-0.15, -0.1) is 0 Å². The monoisotopic (exact) mass is 232 g/mol. The topological polar surface area (TPSA) is 29.3 Å². The number of benzene rings is 1. The van der Waals surface area contributed by atoms with Crippen LogP contribution in [0.1, 0.15) is 37.8 Å². The van der Waals surface area contributed by atoms with Crippen molar-refractivity contribution in [1.82, 2.24) is 4.90 Å². The third kappa shape index (κ3) is 3.08. The summed E-state index contributed by atoms with van der Waals surface area (Å²) in [5.74, 6) is 0.908. The summed E-state index contributed by atoms with van der Waals surface area (Å²) < 4.78 is 0. The molecule has 17 heavy (non-hydrogen) atoms. The second kappa shape index (κ2) is 5.65. The highest BCUT2D eigenvalue weighted by molar-refractivity contribution is 5.19. The Kier molecular flexibility index (Phi) is 4.19. The molecular weight excluding hydrogens is 208 g/mol. The van der Waals surface area contributed by atoms with E-state index in [1.807, 2.05) is 6.07 Å². The Balaban J connectivity index is 1.91. The van der Waals surface area contributed by atoms with Crippen LogP contribution in [0.3, 0.4) is 0 Å². The Morgan fingerprint density at radius 3 is 2.47 bits per heavy atom. The summed E-state index contributed by atoms with van der Waals surface area (Å²) in [6.07, 6.45) is 4.22. The van der Waals surface area contributed by atoms with E-state index in [-0.39, 0.29) is 6.04 Å². The van der Waals surface area contributed by atoms with E-state index in [1.165, 1.54) is 31.4 Å². The molecule has 2 heteroatoms. The summed E-state index contributed by atoms with van der Waals surface area (Å²) in [5, 5.41) is 0. The third-order valence-electron chi connectivity index (χ3n) is 4.17. The van der Waals surface area contributed by atoms with Crippen molar-refractivity contribution in [1.29, 1.82) is 0 Å². The average Bonchev–Trinajstić information content (AvgIpc) is 2.32. The summed E-state index contributed by atoms with van der Waals surface area (Å²) in [7, 11) is 2.20. The molecule has 1 aromatic rings. The van der Waals surface area contributed by atoms with Gasteiger partial charge in [-0.2, -0.15) is 0 Å². The third-order valence-corrected chi connectivity index (χ3v) is 4.17. The van der Waals surface area contributed by atoms with E-state index < -0.39 is 0 Å². The zero-order chi connectivity index (χ0) is 12.3. The maximum atomic E-state index is 6.33. The molecule has 0 amide bonds. The van der Waals surface area contributed by atoms with Crippen LogP contribution in [0.4, 0.5) is 0 Å². The normalized spacial score (nSPS) is 20.0. The number of nitrogens with zero attached hydrogens (tertiary/aromatic N) is 1. The maximum absolute atomic E-state index is 6.33. The predicted molar refractivity (Wildman–Crippen MR) is 72.8 cm³/mol. The molecule has 0 aromatic heterocycles. The van der Waals surface area contributed by atoms with Crippen LogP contribution in [-0.2, 0) is 0 Å². The molecule has 1 aromatic carbocycles. The highest BCUT2D eigenvalue weighted by Gasteiger charge is 2.24. The molecule has 1 aliphatic carbocycles. The Bertz CT molecular complexity index is 332. The van der Waals surface area contributed by atoms with Gasteiger partial charge in [0.15, 0.2) is 0 Å². The lowest BCUT2D eigenvalue weighted by Gasteiger charge is -2.35. The van der Waals surface area contributed by atoms with Crippen LogP contribution in [0.15, 0.2) is 30.3 Å². The summed E-state index contributed by atoms with van der Waals surface area (Å²) in [6.45, 7) is 3.43. The van der Waals surface area contributed by atoms with Crippen molar-refractivity contribution in [3.63, 3.8) is 0 Å². The van der Waals surface area contributed by atoms with Crippen LogP contribution >= 0.6 is 0 Å². The van der Waals surface area contributed by atoms with Gasteiger partial charge in [0.1, 0.15) is 0 Å². The molecule has 2 atom stereocenters. The van der Waals surface area contributed by atoms with Crippen LogP contribution in [0, 0.1) is 5.92 Å². The first-order valence-electron chi connectivity index (χ1n) is 6.69. The Labute approximate surface area is 105 Å². The molecule has 2 unspecified atom stereocenters. The van der Waals surface area contributed by atoms with E-state index in [1.54, 1.807) is 0 Å². The van der Waals surface area contributed by atoms with E-state index >= 15 is 0 Å². The lowest BCUT2D eigenvalue weighted by atomic mass is 9.84. The second-order valence-electron chi connectivity index (χ2n) is 5.41. The Morgan fingerprint density at radius 1 is 1.29 bits per heavy atom. The summed E-state index contributed by atoms with van der Waals surface area (Å²) >= 11 is 0. The molecule has 1 saturated carbocycles. The maximum Gasteiger partial charge on any atom is 0.0450 e. The van der Waals surface area contributed by atoms with Crippen molar-refractivity contribution in [3.8, 4) is 0 Å². The van der Waals surface area contributed by atoms with Gasteiger partial charge in [0.25, 0.3) is 0 Å². The van der Waals surface area contributed by atoms with Crippen molar-refractivity contribution in [3.05, 3.63) is 35.9 Å². The van der Waals surface area contributed by atoms with Gasteiger partial charge >= 0.3 is 0 Å². The van der Waals surface area contributed by atoms with Crippen LogP contribution < -0.4 is 5.73 Å². The molecule has 0 spiro atoms. The second-order valence-corrected chi connectivity index (χ2v) is 5.41. The minimum Gasteiger partial charge on any atom is -0.323 e. The molecule has 2 N–H and O–H groups in total. The van der Waals surface area contributed by atoms with Gasteiger partial charge in [-0.1, -0.05) is 36.8 Å². The van der Waals surface area contributed by atoms with E-state index in [0.29, 0.717) is 6.04 Å². The SMILES string of the molecule is CC(C(N)c1ccccc1)N(C)CC1CCC1. The van der Waals surface area contributed by atoms with Crippen LogP contribution in [0.25, 0.3) is 0 Å². The highest BCUT2D eigenvalue weighted by Crippen LogP contribution is 2.28. The van der Waals surface area contributed by atoms with Crippen LogP contribution in [-0.4, -0.2) is 24.5 Å². The summed E-state index contributed by atoms with van der Waals surface area (Å²) in [5.41, 5.74) is 7.57. The summed E-state index contributed by atoms with van der Waals surface area (Å²) in [4.78, 5) is 2.42. The largest absolute Gasteiger partial charge is 0.323 e. The molecule has 2 rings (SSSR count). The minimum absolute atomic E-state index is 0.112. The van der Waals surface area contributed by atoms with Gasteiger partial charge < -0.3 is 10.6 Å². The molecular formula is C15H24N2. The minimum atomic E-state index is 0.112. The molecule has 1 aliphatic rings. The zero-order valence-corrected chi connectivity index (χ0v) is 11.0. The first kappa shape index (κ1) is 12.6. The quantitative estimate of drug-likeness (QED) is 0.846. The van der Waals surface area contributed by atoms with Crippen molar-refractivity contribution in [2.75, 3.05) is 13.6 Å². The molecule has 0 heterocycles. The van der Waals surface area contributed by atoms with Gasteiger partial charge in [-0.3, -0.25) is 0 Å². The van der Waals surface area contributed by atoms with Gasteiger partial charge in [-0.25, -0.2) is 0 Å². The average molecular weight is 232 g/mol. The summed E-state index contributed by atoms with van der Waals surface area (Å²) in [6, 6.07) is 10.9. The van der Waals surface area contributed by atoms with E-state index in [4.69, 9.17) is 5.73 Å². The van der Waals surface area contributed by atoms with Crippen molar-refractivity contribution >= 4 is 0 Å². The molecule has 2 nitrogen and oxygen atoms in total. The Morgan fingerprint density at radius 2 is 1.94 bits per heavy atom. The fourth-order valence-electron chi connectivity index (χ4n) is 2.48. The molecule has 1 fully saturated rings. The standard InChI is InChI=1S/C15H24N2/c1-12(17(2)11-13-7-6-8-13)15(16)14-9-4-3-5-10-14/h3-5,9-10,12-13,15H,6-8,11,16H2,1-2H3. The fraction of sp³-hybridized carbons (Fsp3) is 0.600. The van der Waals surface area contributed by atoms with Crippen molar-refractivity contribution in [2.24, 2.45) is 11.7 Å². The van der Waals surface area contributed by atoms with Crippen LogP contribution in [0.5, 0.6) is 0 Å². The number of hydrogen-bond donors (Lipinski definition) is 1. The molecule has 0 saturated heterocycles. The van der Waals surface area contributed by atoms with Gasteiger partial charge in [-0.05, 0) is 38.3 Å². The van der Waals surface area contributed by atoms with Crippen molar-refractivity contribution < 1.29 is 0 Å². The van der Waals surface area contributed by atoms with E-state index in [2.05, 4.69) is 43.1 Å². The first-order valence-corrected chi connectivity index (χ1v) is 6.69. The lowest BCUT2D eigenvalue weighted by Crippen LogP contribution is -2.41. The number of nitrogens with two attached hydrogens (primary N) is 1. The van der Waals surface area contributed by atoms with Gasteiger partial charge in [0, 0.05) is 18.6 Å². The van der Waals surface area contributed by atoms with Gasteiger partial charge in [0.05, 0.1) is 0 Å². The number of hydrogen-bond acceptors (Lipinski definition) is 2. The molecule has 0 radical (unpaired) electrons. The lowest BCUT2D eigenvalue weighted by molar-refractivity contribution is 0.154. The Hall–Kier alpha value is -0.860. The smallest absolute Gasteiger partial charge is 0.0450 e. The van der Waals surface area contributed by atoms with Gasteiger partial charge in [0.2, 0.25) is 0 Å². The molecule has 0 aliphatic heterocycles.